The Morgan fingerprint density at radius 3 is 2.65 bits per heavy atom. The van der Waals surface area contributed by atoms with Crippen LogP contribution in [0.4, 0.5) is 0 Å². The molecule has 0 saturated carbocycles. The number of hydrogen-bond donors (Lipinski definition) is 0. The second-order valence-electron chi connectivity index (χ2n) is 5.27. The van der Waals surface area contributed by atoms with E-state index >= 15 is 0 Å². The number of carbonyl (C=O) groups is 2. The maximum Gasteiger partial charge on any atom is 0.334 e. The highest BCUT2D eigenvalue weighted by Crippen LogP contribution is 2.33. The van der Waals surface area contributed by atoms with Crippen LogP contribution in [-0.2, 0) is 19.1 Å². The number of rotatable bonds is 9. The zero-order chi connectivity index (χ0) is 15.0. The minimum Gasteiger partial charge on any atom is -0.466 e. The summed E-state index contributed by atoms with van der Waals surface area (Å²) in [4.78, 5) is 22.9. The molecule has 0 aliphatic carbocycles. The van der Waals surface area contributed by atoms with Gasteiger partial charge in [-0.15, -0.1) is 0 Å². The van der Waals surface area contributed by atoms with Crippen molar-refractivity contribution in [3.63, 3.8) is 0 Å². The molecule has 1 heterocycles. The first-order valence-electron chi connectivity index (χ1n) is 7.65. The third-order valence-electron chi connectivity index (χ3n) is 3.71. The van der Waals surface area contributed by atoms with E-state index < -0.39 is 0 Å². The molecule has 114 valence electrons. The molecule has 2 atom stereocenters. The summed E-state index contributed by atoms with van der Waals surface area (Å²) in [6, 6.07) is 0. The van der Waals surface area contributed by atoms with Gasteiger partial charge in [0.1, 0.15) is 6.10 Å². The van der Waals surface area contributed by atoms with Gasteiger partial charge in [0.2, 0.25) is 0 Å². The molecule has 0 aromatic rings. The van der Waals surface area contributed by atoms with Crippen LogP contribution in [0.1, 0.15) is 58.8 Å². The summed E-state index contributed by atoms with van der Waals surface area (Å²) >= 11 is 0. The maximum absolute atomic E-state index is 11.6. The van der Waals surface area contributed by atoms with Crippen LogP contribution in [0.25, 0.3) is 0 Å². The summed E-state index contributed by atoms with van der Waals surface area (Å²) in [6.45, 7) is 8.20. The molecule has 0 bridgehead atoms. The highest BCUT2D eigenvalue weighted by molar-refractivity contribution is 5.90. The van der Waals surface area contributed by atoms with Gasteiger partial charge in [-0.2, -0.15) is 0 Å². The number of carbonyl (C=O) groups excluding carboxylic acids is 2. The fraction of sp³-hybridized carbons (Fsp3) is 0.750. The molecule has 0 aromatic heterocycles. The molecule has 1 fully saturated rings. The Labute approximate surface area is 121 Å². The summed E-state index contributed by atoms with van der Waals surface area (Å²) in [6.07, 6.45) is 6.07. The van der Waals surface area contributed by atoms with Gasteiger partial charge in [-0.3, -0.25) is 4.79 Å². The van der Waals surface area contributed by atoms with E-state index in [0.717, 1.165) is 32.1 Å². The first-order chi connectivity index (χ1) is 9.60. The first kappa shape index (κ1) is 16.7. The quantitative estimate of drug-likeness (QED) is 0.369. The van der Waals surface area contributed by atoms with E-state index in [-0.39, 0.29) is 24.0 Å². The largest absolute Gasteiger partial charge is 0.466 e. The van der Waals surface area contributed by atoms with Crippen LogP contribution in [-0.4, -0.2) is 24.6 Å². The van der Waals surface area contributed by atoms with Crippen LogP contribution in [0.2, 0.25) is 0 Å². The van der Waals surface area contributed by atoms with Crippen LogP contribution in [0.3, 0.4) is 0 Å². The predicted molar refractivity (Wildman–Crippen MR) is 77.1 cm³/mol. The van der Waals surface area contributed by atoms with Crippen molar-refractivity contribution < 1.29 is 19.1 Å². The van der Waals surface area contributed by atoms with E-state index in [1.807, 2.05) is 0 Å². The number of hydrogen-bond acceptors (Lipinski definition) is 4. The molecule has 20 heavy (non-hydrogen) atoms. The number of ether oxygens (including phenoxy) is 2. The summed E-state index contributed by atoms with van der Waals surface area (Å²) in [7, 11) is 0. The van der Waals surface area contributed by atoms with Gasteiger partial charge in [-0.1, -0.05) is 26.3 Å². The number of unbranched alkanes of at least 4 members (excludes halogenated alkanes) is 2. The molecule has 1 aliphatic heterocycles. The van der Waals surface area contributed by atoms with Gasteiger partial charge in [0.15, 0.2) is 0 Å². The molecule has 0 N–H and O–H groups in total. The Balaban J connectivity index is 2.40. The summed E-state index contributed by atoms with van der Waals surface area (Å²) in [5.41, 5.74) is 0.565. The van der Waals surface area contributed by atoms with Crippen LogP contribution in [0.5, 0.6) is 0 Å². The van der Waals surface area contributed by atoms with Crippen molar-refractivity contribution in [2.24, 2.45) is 5.92 Å². The molecule has 0 aromatic carbocycles. The molecule has 0 amide bonds. The second-order valence-corrected chi connectivity index (χ2v) is 5.27. The lowest BCUT2D eigenvalue weighted by molar-refractivity contribution is -0.143. The van der Waals surface area contributed by atoms with Gasteiger partial charge in [0.25, 0.3) is 0 Å². The Bertz CT molecular complexity index is 348. The fourth-order valence-electron chi connectivity index (χ4n) is 2.59. The van der Waals surface area contributed by atoms with Crippen LogP contribution in [0, 0.1) is 5.92 Å². The molecule has 1 saturated heterocycles. The minimum absolute atomic E-state index is 0.0521. The smallest absolute Gasteiger partial charge is 0.334 e. The van der Waals surface area contributed by atoms with Crippen molar-refractivity contribution in [3.05, 3.63) is 12.2 Å². The SMILES string of the molecule is C=C1C(=O)O[C@@H](CCCCC)[C@H]1CCCC(=O)OCC. The third-order valence-corrected chi connectivity index (χ3v) is 3.71. The number of esters is 2. The Morgan fingerprint density at radius 2 is 2.00 bits per heavy atom. The molecule has 1 aliphatic rings. The van der Waals surface area contributed by atoms with Gasteiger partial charge in [-0.05, 0) is 32.6 Å². The van der Waals surface area contributed by atoms with E-state index in [4.69, 9.17) is 9.47 Å². The van der Waals surface area contributed by atoms with Gasteiger partial charge in [0, 0.05) is 17.9 Å². The molecule has 4 nitrogen and oxygen atoms in total. The van der Waals surface area contributed by atoms with Crippen molar-refractivity contribution in [2.45, 2.75) is 64.9 Å². The Kier molecular flexibility index (Phi) is 7.34. The molecular weight excluding hydrogens is 256 g/mol. The highest BCUT2D eigenvalue weighted by Gasteiger charge is 2.37. The van der Waals surface area contributed by atoms with Gasteiger partial charge >= 0.3 is 11.9 Å². The molecular formula is C16H26O4. The van der Waals surface area contributed by atoms with Crippen molar-refractivity contribution in [1.29, 1.82) is 0 Å². The van der Waals surface area contributed by atoms with Crippen LogP contribution in [0.15, 0.2) is 12.2 Å². The lowest BCUT2D eigenvalue weighted by Gasteiger charge is -2.17. The molecule has 0 radical (unpaired) electrons. The number of cyclic esters (lactones) is 1. The first-order valence-corrected chi connectivity index (χ1v) is 7.65. The van der Waals surface area contributed by atoms with Crippen LogP contribution < -0.4 is 0 Å². The van der Waals surface area contributed by atoms with Gasteiger partial charge in [-0.25, -0.2) is 4.79 Å². The Hall–Kier alpha value is -1.32. The maximum atomic E-state index is 11.6. The molecule has 0 spiro atoms. The Morgan fingerprint density at radius 1 is 1.25 bits per heavy atom. The predicted octanol–water partition coefficient (Wildman–Crippen LogP) is 3.40. The van der Waals surface area contributed by atoms with Crippen molar-refractivity contribution in [1.82, 2.24) is 0 Å². The standard InChI is InChI=1S/C16H26O4/c1-4-6-7-10-14-13(12(3)16(18)20-14)9-8-11-15(17)19-5-2/h13-14H,3-11H2,1-2H3/t13-,14-/m0/s1. The average molecular weight is 282 g/mol. The average Bonchev–Trinajstić information content (AvgIpc) is 2.67. The van der Waals surface area contributed by atoms with Crippen molar-refractivity contribution in [2.75, 3.05) is 6.61 Å². The third kappa shape index (κ3) is 4.99. The lowest BCUT2D eigenvalue weighted by atomic mass is 9.89. The fourth-order valence-corrected chi connectivity index (χ4v) is 2.59. The molecule has 1 rings (SSSR count). The monoisotopic (exact) mass is 282 g/mol. The van der Waals surface area contributed by atoms with E-state index in [9.17, 15) is 9.59 Å². The molecule has 0 unspecified atom stereocenters. The van der Waals surface area contributed by atoms with Gasteiger partial charge < -0.3 is 9.47 Å². The van der Waals surface area contributed by atoms with E-state index in [2.05, 4.69) is 13.5 Å². The van der Waals surface area contributed by atoms with E-state index in [1.165, 1.54) is 0 Å². The highest BCUT2D eigenvalue weighted by atomic mass is 16.6. The lowest BCUT2D eigenvalue weighted by Crippen LogP contribution is -2.17. The zero-order valence-electron chi connectivity index (χ0n) is 12.7. The summed E-state index contributed by atoms with van der Waals surface area (Å²) in [5.74, 6) is -0.382. The van der Waals surface area contributed by atoms with E-state index in [0.29, 0.717) is 25.0 Å². The summed E-state index contributed by atoms with van der Waals surface area (Å²) < 4.78 is 10.3. The van der Waals surface area contributed by atoms with Gasteiger partial charge in [0.05, 0.1) is 6.61 Å². The zero-order valence-corrected chi connectivity index (χ0v) is 12.7. The normalized spacial score (nSPS) is 21.9. The minimum atomic E-state index is -0.271. The van der Waals surface area contributed by atoms with E-state index in [1.54, 1.807) is 6.92 Å². The molecule has 4 heteroatoms. The summed E-state index contributed by atoms with van der Waals surface area (Å²) in [5, 5.41) is 0. The second kappa shape index (κ2) is 8.77. The van der Waals surface area contributed by atoms with Crippen molar-refractivity contribution >= 4 is 11.9 Å². The topological polar surface area (TPSA) is 52.6 Å². The van der Waals surface area contributed by atoms with Crippen molar-refractivity contribution in [3.8, 4) is 0 Å². The van der Waals surface area contributed by atoms with Crippen LogP contribution >= 0.6 is 0 Å².